The van der Waals surface area contributed by atoms with E-state index in [1.54, 1.807) is 32.0 Å². The summed E-state index contributed by atoms with van der Waals surface area (Å²) in [6.45, 7) is 2.66. The molecule has 2 aromatic rings. The van der Waals surface area contributed by atoms with Gasteiger partial charge < -0.3 is 14.6 Å². The second kappa shape index (κ2) is 6.07. The third kappa shape index (κ3) is 4.14. The van der Waals surface area contributed by atoms with Crippen molar-refractivity contribution in [2.75, 3.05) is 11.9 Å². The van der Waals surface area contributed by atoms with Crippen LogP contribution in [0.3, 0.4) is 0 Å². The average Bonchev–Trinajstić information content (AvgIpc) is 2.74. The van der Waals surface area contributed by atoms with Crippen molar-refractivity contribution in [1.29, 1.82) is 0 Å². The molecule has 1 N–H and O–H groups in total. The summed E-state index contributed by atoms with van der Waals surface area (Å²) in [5.41, 5.74) is 2.11. The molecule has 0 aliphatic carbocycles. The van der Waals surface area contributed by atoms with Crippen LogP contribution < -0.4 is 10.1 Å². The first-order valence-corrected chi connectivity index (χ1v) is 6.31. The van der Waals surface area contributed by atoms with Crippen LogP contribution in [-0.4, -0.2) is 17.9 Å². The second-order valence-electron chi connectivity index (χ2n) is 4.56. The number of aryl methyl sites for hydroxylation is 2. The van der Waals surface area contributed by atoms with Crippen molar-refractivity contribution < 1.29 is 22.4 Å². The zero-order chi connectivity index (χ0) is 15.5. The van der Waals surface area contributed by atoms with Crippen molar-refractivity contribution in [2.45, 2.75) is 26.6 Å². The highest BCUT2D eigenvalue weighted by molar-refractivity contribution is 5.56. The molecule has 1 aromatic heterocycles. The predicted octanol–water partition coefficient (Wildman–Crippen LogP) is 3.84. The van der Waals surface area contributed by atoms with Crippen LogP contribution in [0.4, 0.5) is 18.9 Å². The van der Waals surface area contributed by atoms with E-state index in [9.17, 15) is 13.2 Å². The Kier molecular flexibility index (Phi) is 4.40. The number of rotatable bonds is 5. The summed E-state index contributed by atoms with van der Waals surface area (Å²) < 4.78 is 46.5. The number of aromatic nitrogens is 1. The molecule has 0 unspecified atom stereocenters. The van der Waals surface area contributed by atoms with Gasteiger partial charge in [0, 0.05) is 12.1 Å². The van der Waals surface area contributed by atoms with Crippen LogP contribution in [0.1, 0.15) is 17.0 Å². The van der Waals surface area contributed by atoms with Gasteiger partial charge >= 0.3 is 6.18 Å². The minimum Gasteiger partial charge on any atom is -0.482 e. The molecule has 4 nitrogen and oxygen atoms in total. The largest absolute Gasteiger partial charge is 0.482 e. The van der Waals surface area contributed by atoms with E-state index in [-0.39, 0.29) is 5.75 Å². The maximum absolute atomic E-state index is 12.2. The van der Waals surface area contributed by atoms with Gasteiger partial charge in [-0.25, -0.2) is 0 Å². The van der Waals surface area contributed by atoms with E-state index in [1.165, 1.54) is 6.07 Å². The number of nitrogens with one attached hydrogen (secondary N) is 1. The number of para-hydroxylation sites is 2. The minimum absolute atomic E-state index is 0.154. The summed E-state index contributed by atoms with van der Waals surface area (Å²) in [6.07, 6.45) is -4.37. The van der Waals surface area contributed by atoms with E-state index < -0.39 is 12.8 Å². The Morgan fingerprint density at radius 3 is 2.57 bits per heavy atom. The van der Waals surface area contributed by atoms with E-state index in [2.05, 4.69) is 10.5 Å². The van der Waals surface area contributed by atoms with Crippen molar-refractivity contribution in [3.05, 3.63) is 41.3 Å². The smallest absolute Gasteiger partial charge is 0.422 e. The van der Waals surface area contributed by atoms with E-state index in [0.29, 0.717) is 18.0 Å². The van der Waals surface area contributed by atoms with Crippen molar-refractivity contribution in [2.24, 2.45) is 0 Å². The summed E-state index contributed by atoms with van der Waals surface area (Å²) in [5, 5.41) is 6.87. The molecule has 0 aliphatic heterocycles. The van der Waals surface area contributed by atoms with Crippen LogP contribution in [0.15, 0.2) is 28.8 Å². The van der Waals surface area contributed by atoms with Gasteiger partial charge in [0.05, 0.1) is 11.4 Å². The van der Waals surface area contributed by atoms with E-state index in [0.717, 1.165) is 11.3 Å². The molecular weight excluding hydrogens is 285 g/mol. The molecule has 2 rings (SSSR count). The van der Waals surface area contributed by atoms with Crippen LogP contribution in [0, 0.1) is 13.8 Å². The number of benzene rings is 1. The van der Waals surface area contributed by atoms with Gasteiger partial charge in [-0.2, -0.15) is 13.2 Å². The fraction of sp³-hybridized carbons (Fsp3) is 0.357. The van der Waals surface area contributed by atoms with Crippen LogP contribution in [-0.2, 0) is 6.54 Å². The summed E-state index contributed by atoms with van der Waals surface area (Å²) in [5.74, 6) is 0.829. The van der Waals surface area contributed by atoms with Crippen molar-refractivity contribution in [3.8, 4) is 5.75 Å². The first-order chi connectivity index (χ1) is 9.87. The van der Waals surface area contributed by atoms with Crippen LogP contribution in [0.25, 0.3) is 0 Å². The van der Waals surface area contributed by atoms with Crippen LogP contribution in [0.5, 0.6) is 5.75 Å². The third-order valence-electron chi connectivity index (χ3n) is 2.92. The monoisotopic (exact) mass is 300 g/mol. The predicted molar refractivity (Wildman–Crippen MR) is 71.3 cm³/mol. The van der Waals surface area contributed by atoms with Crippen molar-refractivity contribution in [3.63, 3.8) is 0 Å². The maximum Gasteiger partial charge on any atom is 0.422 e. The Labute approximate surface area is 119 Å². The molecule has 1 heterocycles. The van der Waals surface area contributed by atoms with Crippen molar-refractivity contribution in [1.82, 2.24) is 5.16 Å². The summed E-state index contributed by atoms with van der Waals surface area (Å²) >= 11 is 0. The van der Waals surface area contributed by atoms with E-state index >= 15 is 0 Å². The first kappa shape index (κ1) is 15.2. The second-order valence-corrected chi connectivity index (χ2v) is 4.56. The highest BCUT2D eigenvalue weighted by Crippen LogP contribution is 2.27. The number of halogens is 3. The lowest BCUT2D eigenvalue weighted by Gasteiger charge is -2.14. The van der Waals surface area contributed by atoms with E-state index in [4.69, 9.17) is 9.26 Å². The molecule has 0 fully saturated rings. The standard InChI is InChI=1S/C14H15F3N2O2/c1-9-11(10(2)21-19-9)7-18-12-5-3-4-6-13(12)20-8-14(15,16)17/h3-6,18H,7-8H2,1-2H3. The number of alkyl halides is 3. The summed E-state index contributed by atoms with van der Waals surface area (Å²) in [6, 6.07) is 6.48. The Hall–Kier alpha value is -2.18. The van der Waals surface area contributed by atoms with Crippen molar-refractivity contribution >= 4 is 5.69 Å². The summed E-state index contributed by atoms with van der Waals surface area (Å²) in [4.78, 5) is 0. The highest BCUT2D eigenvalue weighted by Gasteiger charge is 2.28. The molecule has 0 amide bonds. The number of nitrogens with zero attached hydrogens (tertiary/aromatic N) is 1. The molecule has 0 saturated carbocycles. The van der Waals surface area contributed by atoms with Crippen LogP contribution in [0.2, 0.25) is 0 Å². The van der Waals surface area contributed by atoms with Gasteiger partial charge in [-0.05, 0) is 26.0 Å². The number of hydrogen-bond donors (Lipinski definition) is 1. The molecule has 114 valence electrons. The fourth-order valence-electron chi connectivity index (χ4n) is 1.84. The maximum atomic E-state index is 12.2. The first-order valence-electron chi connectivity index (χ1n) is 6.31. The Morgan fingerprint density at radius 1 is 1.24 bits per heavy atom. The normalized spacial score (nSPS) is 11.5. The molecule has 7 heteroatoms. The molecule has 0 bridgehead atoms. The third-order valence-corrected chi connectivity index (χ3v) is 2.92. The number of ether oxygens (including phenoxy) is 1. The van der Waals surface area contributed by atoms with Crippen LogP contribution >= 0.6 is 0 Å². The molecule has 0 atom stereocenters. The van der Waals surface area contributed by atoms with Gasteiger partial charge in [0.2, 0.25) is 0 Å². The Bertz CT molecular complexity index is 589. The zero-order valence-electron chi connectivity index (χ0n) is 11.6. The molecule has 0 saturated heterocycles. The molecule has 21 heavy (non-hydrogen) atoms. The molecule has 1 aromatic carbocycles. The lowest BCUT2D eigenvalue weighted by molar-refractivity contribution is -0.153. The molecule has 0 spiro atoms. The Morgan fingerprint density at radius 2 is 1.95 bits per heavy atom. The summed E-state index contributed by atoms with van der Waals surface area (Å²) in [7, 11) is 0. The van der Waals surface area contributed by atoms with E-state index in [1.807, 2.05) is 0 Å². The quantitative estimate of drug-likeness (QED) is 0.911. The Balaban J connectivity index is 2.06. The number of anilines is 1. The topological polar surface area (TPSA) is 47.3 Å². The fourth-order valence-corrected chi connectivity index (χ4v) is 1.84. The number of hydrogen-bond acceptors (Lipinski definition) is 4. The average molecular weight is 300 g/mol. The molecule has 0 aliphatic rings. The lowest BCUT2D eigenvalue weighted by atomic mass is 10.2. The van der Waals surface area contributed by atoms with Gasteiger partial charge in [0.25, 0.3) is 0 Å². The lowest BCUT2D eigenvalue weighted by Crippen LogP contribution is -2.19. The molecule has 0 radical (unpaired) electrons. The zero-order valence-corrected chi connectivity index (χ0v) is 11.6. The molecular formula is C14H15F3N2O2. The van der Waals surface area contributed by atoms with Gasteiger partial charge in [-0.3, -0.25) is 0 Å². The minimum atomic E-state index is -4.37. The van der Waals surface area contributed by atoms with Gasteiger partial charge in [-0.15, -0.1) is 0 Å². The van der Waals surface area contributed by atoms with Gasteiger partial charge in [-0.1, -0.05) is 17.3 Å². The van der Waals surface area contributed by atoms with Gasteiger partial charge in [0.15, 0.2) is 6.61 Å². The SMILES string of the molecule is Cc1noc(C)c1CNc1ccccc1OCC(F)(F)F. The highest BCUT2D eigenvalue weighted by atomic mass is 19.4. The van der Waals surface area contributed by atoms with Gasteiger partial charge in [0.1, 0.15) is 11.5 Å².